The zero-order chi connectivity index (χ0) is 5.82. The SMILES string of the molecule is COC1SCCCS1. The van der Waals surface area contributed by atoms with Gasteiger partial charge in [0, 0.05) is 7.11 Å². The Hall–Kier alpha value is 0.660. The summed E-state index contributed by atoms with van der Waals surface area (Å²) < 4.78 is 5.54. The normalized spacial score (nSPS) is 23.6. The first-order valence-electron chi connectivity index (χ1n) is 2.69. The molecule has 0 saturated carbocycles. The van der Waals surface area contributed by atoms with Crippen LogP contribution in [-0.2, 0) is 4.74 Å². The molecule has 0 spiro atoms. The number of ether oxygens (including phenoxy) is 1. The summed E-state index contributed by atoms with van der Waals surface area (Å²) in [6.45, 7) is 0. The second-order valence-corrected chi connectivity index (χ2v) is 4.26. The van der Waals surface area contributed by atoms with Crippen molar-refractivity contribution in [3.8, 4) is 0 Å². The lowest BCUT2D eigenvalue weighted by Gasteiger charge is -2.18. The zero-order valence-electron chi connectivity index (χ0n) is 4.92. The molecule has 0 bridgehead atoms. The van der Waals surface area contributed by atoms with E-state index in [-0.39, 0.29) is 0 Å². The molecule has 48 valence electrons. The molecule has 0 N–H and O–H groups in total. The van der Waals surface area contributed by atoms with E-state index in [1.54, 1.807) is 7.11 Å². The van der Waals surface area contributed by atoms with E-state index in [1.807, 2.05) is 23.5 Å². The van der Waals surface area contributed by atoms with E-state index >= 15 is 0 Å². The van der Waals surface area contributed by atoms with Crippen LogP contribution in [0.5, 0.6) is 0 Å². The van der Waals surface area contributed by atoms with E-state index in [1.165, 1.54) is 17.9 Å². The molecule has 0 amide bonds. The fourth-order valence-corrected chi connectivity index (χ4v) is 3.03. The van der Waals surface area contributed by atoms with E-state index in [0.717, 1.165) is 0 Å². The van der Waals surface area contributed by atoms with Crippen molar-refractivity contribution >= 4 is 23.5 Å². The summed E-state index contributed by atoms with van der Waals surface area (Å²) in [5.41, 5.74) is 0. The molecule has 1 fully saturated rings. The van der Waals surface area contributed by atoms with Crippen molar-refractivity contribution in [2.24, 2.45) is 0 Å². The van der Waals surface area contributed by atoms with Gasteiger partial charge in [-0.1, -0.05) is 0 Å². The highest BCUT2D eigenvalue weighted by atomic mass is 32.2. The molecule has 0 aliphatic carbocycles. The molecule has 1 aliphatic rings. The Bertz CT molecular complexity index is 61.4. The van der Waals surface area contributed by atoms with Crippen LogP contribution in [0.2, 0.25) is 0 Å². The van der Waals surface area contributed by atoms with Crippen molar-refractivity contribution in [3.05, 3.63) is 0 Å². The van der Waals surface area contributed by atoms with Crippen molar-refractivity contribution in [2.45, 2.75) is 11.2 Å². The third kappa shape index (κ3) is 1.88. The van der Waals surface area contributed by atoms with Gasteiger partial charge in [0.25, 0.3) is 0 Å². The van der Waals surface area contributed by atoms with Crippen LogP contribution in [0.15, 0.2) is 0 Å². The third-order valence-corrected chi connectivity index (χ3v) is 3.78. The molecule has 1 heterocycles. The topological polar surface area (TPSA) is 9.23 Å². The van der Waals surface area contributed by atoms with Crippen molar-refractivity contribution in [3.63, 3.8) is 0 Å². The Balaban J connectivity index is 2.13. The number of thioether (sulfide) groups is 2. The molecule has 3 heteroatoms. The van der Waals surface area contributed by atoms with Crippen LogP contribution in [0.3, 0.4) is 0 Å². The van der Waals surface area contributed by atoms with Gasteiger partial charge >= 0.3 is 0 Å². The minimum atomic E-state index is 0.420. The predicted molar refractivity (Wildman–Crippen MR) is 40.3 cm³/mol. The standard InChI is InChI=1S/C5H10OS2/c1-6-5-7-3-2-4-8-5/h5H,2-4H2,1H3. The zero-order valence-corrected chi connectivity index (χ0v) is 6.56. The second-order valence-electron chi connectivity index (χ2n) is 1.62. The van der Waals surface area contributed by atoms with Crippen LogP contribution >= 0.6 is 23.5 Å². The van der Waals surface area contributed by atoms with Gasteiger partial charge in [0.2, 0.25) is 0 Å². The first kappa shape index (κ1) is 6.78. The number of hydrogen-bond donors (Lipinski definition) is 0. The second kappa shape index (κ2) is 3.64. The molecule has 0 aromatic carbocycles. The van der Waals surface area contributed by atoms with Gasteiger partial charge in [0.05, 0.1) is 0 Å². The highest BCUT2D eigenvalue weighted by molar-refractivity contribution is 8.17. The summed E-state index contributed by atoms with van der Waals surface area (Å²) in [6, 6.07) is 0. The van der Waals surface area contributed by atoms with Gasteiger partial charge in [-0.2, -0.15) is 0 Å². The molecular weight excluding hydrogens is 140 g/mol. The molecule has 1 nitrogen and oxygen atoms in total. The lowest BCUT2D eigenvalue weighted by molar-refractivity contribution is 0.234. The Morgan fingerprint density at radius 2 is 2.00 bits per heavy atom. The molecule has 0 atom stereocenters. The highest BCUT2D eigenvalue weighted by Crippen LogP contribution is 2.30. The molecule has 0 aromatic heterocycles. The summed E-state index contributed by atoms with van der Waals surface area (Å²) in [6.07, 6.45) is 1.34. The molecule has 1 saturated heterocycles. The Morgan fingerprint density at radius 1 is 1.38 bits per heavy atom. The van der Waals surface area contributed by atoms with Crippen LogP contribution < -0.4 is 0 Å². The Morgan fingerprint density at radius 3 is 2.38 bits per heavy atom. The fraction of sp³-hybridized carbons (Fsp3) is 1.00. The molecule has 8 heavy (non-hydrogen) atoms. The fourth-order valence-electron chi connectivity index (χ4n) is 0.602. The van der Waals surface area contributed by atoms with Gasteiger partial charge in [-0.25, -0.2) is 0 Å². The maximum absolute atomic E-state index is 5.12. The van der Waals surface area contributed by atoms with Crippen LogP contribution in [0.25, 0.3) is 0 Å². The quantitative estimate of drug-likeness (QED) is 0.564. The maximum Gasteiger partial charge on any atom is 0.149 e. The summed E-state index contributed by atoms with van der Waals surface area (Å²) in [4.78, 5) is 0. The van der Waals surface area contributed by atoms with Gasteiger partial charge in [-0.15, -0.1) is 23.5 Å². The van der Waals surface area contributed by atoms with Crippen molar-refractivity contribution < 1.29 is 4.74 Å². The average Bonchev–Trinajstić information content (AvgIpc) is 1.90. The van der Waals surface area contributed by atoms with E-state index in [9.17, 15) is 0 Å². The number of hydrogen-bond acceptors (Lipinski definition) is 3. The third-order valence-electron chi connectivity index (χ3n) is 0.989. The molecule has 0 aromatic rings. The summed E-state index contributed by atoms with van der Waals surface area (Å²) in [5.74, 6) is 2.54. The lowest BCUT2D eigenvalue weighted by atomic mass is 10.6. The smallest absolute Gasteiger partial charge is 0.149 e. The molecule has 0 radical (unpaired) electrons. The van der Waals surface area contributed by atoms with E-state index in [4.69, 9.17) is 4.74 Å². The summed E-state index contributed by atoms with van der Waals surface area (Å²) in [7, 11) is 1.77. The Labute approximate surface area is 58.6 Å². The minimum Gasteiger partial charge on any atom is -0.361 e. The van der Waals surface area contributed by atoms with Crippen molar-refractivity contribution in [1.29, 1.82) is 0 Å². The number of rotatable bonds is 1. The molecule has 1 aliphatic heterocycles. The summed E-state index contributed by atoms with van der Waals surface area (Å²) >= 11 is 3.81. The Kier molecular flexibility index (Phi) is 3.08. The van der Waals surface area contributed by atoms with Crippen LogP contribution in [0.4, 0.5) is 0 Å². The largest absolute Gasteiger partial charge is 0.361 e. The van der Waals surface area contributed by atoms with Gasteiger partial charge < -0.3 is 4.74 Å². The lowest BCUT2D eigenvalue weighted by Crippen LogP contribution is -2.07. The van der Waals surface area contributed by atoms with E-state index < -0.39 is 0 Å². The molecule has 1 rings (SSSR count). The van der Waals surface area contributed by atoms with Crippen LogP contribution in [0, 0.1) is 0 Å². The number of methoxy groups -OCH3 is 1. The van der Waals surface area contributed by atoms with Gasteiger partial charge in [0.1, 0.15) is 4.77 Å². The van der Waals surface area contributed by atoms with E-state index in [2.05, 4.69) is 0 Å². The van der Waals surface area contributed by atoms with E-state index in [0.29, 0.717) is 4.77 Å². The maximum atomic E-state index is 5.12. The predicted octanol–water partition coefficient (Wildman–Crippen LogP) is 1.79. The minimum absolute atomic E-state index is 0.420. The van der Waals surface area contributed by atoms with Gasteiger partial charge in [0.15, 0.2) is 0 Å². The molecule has 0 unspecified atom stereocenters. The summed E-state index contributed by atoms with van der Waals surface area (Å²) in [5, 5.41) is 0. The van der Waals surface area contributed by atoms with Gasteiger partial charge in [-0.3, -0.25) is 0 Å². The van der Waals surface area contributed by atoms with Crippen LogP contribution in [0.1, 0.15) is 6.42 Å². The average molecular weight is 150 g/mol. The highest BCUT2D eigenvalue weighted by Gasteiger charge is 2.11. The van der Waals surface area contributed by atoms with Crippen molar-refractivity contribution in [1.82, 2.24) is 0 Å². The van der Waals surface area contributed by atoms with Crippen LogP contribution in [-0.4, -0.2) is 23.4 Å². The molecular formula is C5H10OS2. The van der Waals surface area contributed by atoms with Gasteiger partial charge in [-0.05, 0) is 17.9 Å². The van der Waals surface area contributed by atoms with Crippen molar-refractivity contribution in [2.75, 3.05) is 18.6 Å². The first-order valence-corrected chi connectivity index (χ1v) is 4.79. The monoisotopic (exact) mass is 150 g/mol. The first-order chi connectivity index (χ1) is 3.93.